The Bertz CT molecular complexity index is 3600. The highest BCUT2D eigenvalue weighted by Gasteiger charge is 2.66. The van der Waals surface area contributed by atoms with Crippen molar-refractivity contribution in [3.05, 3.63) is 207 Å². The number of nitrogens with zero attached hydrogens (tertiary/aromatic N) is 8. The van der Waals surface area contributed by atoms with Crippen LogP contribution < -0.4 is 25.9 Å². The Morgan fingerprint density at radius 1 is 0.761 bits per heavy atom. The molecule has 1 unspecified atom stereocenters. The third kappa shape index (κ3) is 7.77. The quantitative estimate of drug-likeness (QED) is 0.114. The first-order valence-electron chi connectivity index (χ1n) is 23.9. The first kappa shape index (κ1) is 45.6. The monoisotopic (exact) mass is 960 g/mol. The molecule has 0 radical (unpaired) electrons. The molecule has 1 amide bonds. The highest BCUT2D eigenvalue weighted by molar-refractivity contribution is 6.91. The van der Waals surface area contributed by atoms with Crippen LogP contribution in [-0.2, 0) is 28.2 Å². The summed E-state index contributed by atoms with van der Waals surface area (Å²) in [7, 11) is -0.917. The van der Waals surface area contributed by atoms with Crippen molar-refractivity contribution in [1.29, 1.82) is 0 Å². The van der Waals surface area contributed by atoms with Crippen LogP contribution in [0.3, 0.4) is 0 Å². The lowest BCUT2D eigenvalue weighted by Gasteiger charge is -2.37. The molecule has 0 saturated carbocycles. The summed E-state index contributed by atoms with van der Waals surface area (Å²) >= 11 is 0. The Labute approximate surface area is 410 Å². The fourth-order valence-corrected chi connectivity index (χ4v) is 15.3. The van der Waals surface area contributed by atoms with Crippen molar-refractivity contribution < 1.29 is 19.4 Å². The molecular formula is C56H52N8O6Si. The van der Waals surface area contributed by atoms with Crippen molar-refractivity contribution >= 4 is 46.4 Å². The van der Waals surface area contributed by atoms with E-state index in [1.54, 1.807) is 41.2 Å². The highest BCUT2D eigenvalue weighted by Crippen LogP contribution is 2.60. The van der Waals surface area contributed by atoms with Gasteiger partial charge in [0, 0.05) is 35.0 Å². The molecule has 14 nitrogen and oxygen atoms in total. The normalized spacial score (nSPS) is 19.2. The number of aliphatic hydroxyl groups is 1. The molecule has 1 spiro atoms. The lowest BCUT2D eigenvalue weighted by atomic mass is 9.82. The first-order chi connectivity index (χ1) is 34.5. The Hall–Kier alpha value is -7.85. The average Bonchev–Trinajstić information content (AvgIpc) is 4.06. The van der Waals surface area contributed by atoms with E-state index in [9.17, 15) is 14.7 Å². The summed E-state index contributed by atoms with van der Waals surface area (Å²) in [6.45, 7) is 7.30. The van der Waals surface area contributed by atoms with Gasteiger partial charge in [-0.25, -0.2) is 0 Å². The lowest BCUT2D eigenvalue weighted by Crippen LogP contribution is -2.51. The molecule has 6 aromatic carbocycles. The van der Waals surface area contributed by atoms with Crippen LogP contribution in [0.5, 0.6) is 5.75 Å². The van der Waals surface area contributed by atoms with E-state index < -0.39 is 19.8 Å². The predicted molar refractivity (Wildman–Crippen MR) is 275 cm³/mol. The minimum absolute atomic E-state index is 0.107. The van der Waals surface area contributed by atoms with Gasteiger partial charge < -0.3 is 19.5 Å². The zero-order valence-electron chi connectivity index (χ0n) is 39.8. The lowest BCUT2D eigenvalue weighted by molar-refractivity contribution is -0.146. The van der Waals surface area contributed by atoms with Gasteiger partial charge in [0.2, 0.25) is 0 Å². The van der Waals surface area contributed by atoms with E-state index >= 15 is 4.79 Å². The fraction of sp³-hybridized carbons (Fsp3) is 0.232. The highest BCUT2D eigenvalue weighted by atomic mass is 28.3. The van der Waals surface area contributed by atoms with Crippen LogP contribution in [0, 0.1) is 5.92 Å². The Kier molecular flexibility index (Phi) is 11.7. The van der Waals surface area contributed by atoms with E-state index in [1.807, 2.05) is 128 Å². The second-order valence-corrected chi connectivity index (χ2v) is 23.8. The van der Waals surface area contributed by atoms with Gasteiger partial charge in [-0.3, -0.25) is 19.1 Å². The number of hydrogen-bond acceptors (Lipinski definition) is 10. The number of fused-ring (bicyclic) bond motifs is 4. The number of aryl methyl sites for hydroxylation is 1. The largest absolute Gasteiger partial charge is 0.497 e. The summed E-state index contributed by atoms with van der Waals surface area (Å²) in [6, 6.07) is 45.9. The number of aromatic nitrogens is 7. The second-order valence-electron chi connectivity index (χ2n) is 19.2. The van der Waals surface area contributed by atoms with Gasteiger partial charge in [0.1, 0.15) is 5.75 Å². The molecule has 1 saturated heterocycles. The van der Waals surface area contributed by atoms with Crippen molar-refractivity contribution in [1.82, 2.24) is 34.6 Å². The van der Waals surface area contributed by atoms with E-state index in [4.69, 9.17) is 9.47 Å². The first-order valence-corrected chi connectivity index (χ1v) is 27.0. The molecule has 2 aliphatic rings. The number of rotatable bonds is 13. The van der Waals surface area contributed by atoms with Crippen molar-refractivity contribution in [2.45, 2.75) is 62.7 Å². The number of amides is 1. The SMILES string of the molecule is COc1ccc([Si](C)(C)[C@@H]2[C@@H](CCn3cc(C(CO)c4ccccc4)nn3)O[C@]3(C(=O)N(Cc4cccc(-n5ncc6ccccc6c5=O)c4)c4ccc(-n5ncc6ccccc6c5=O)cc43)[C@H]2C)cc1. The zero-order chi connectivity index (χ0) is 49.0. The van der Waals surface area contributed by atoms with Crippen LogP contribution in [0.2, 0.25) is 18.6 Å². The molecule has 1 N–H and O–H groups in total. The third-order valence-corrected chi connectivity index (χ3v) is 19.3. The summed E-state index contributed by atoms with van der Waals surface area (Å²) in [6.07, 6.45) is 5.32. The molecule has 15 heteroatoms. The number of hydrogen-bond donors (Lipinski definition) is 1. The fourth-order valence-electron chi connectivity index (χ4n) is 11.3. The topological polar surface area (TPSA) is 159 Å². The van der Waals surface area contributed by atoms with Gasteiger partial charge in [-0.2, -0.15) is 19.6 Å². The van der Waals surface area contributed by atoms with Crippen LogP contribution in [0.25, 0.3) is 32.9 Å². The summed E-state index contributed by atoms with van der Waals surface area (Å²) in [5.74, 6) is -0.162. The maximum Gasteiger partial charge on any atom is 0.279 e. The molecular weight excluding hydrogens is 909 g/mol. The molecule has 3 aromatic heterocycles. The minimum Gasteiger partial charge on any atom is -0.497 e. The number of anilines is 1. The standard InChI is InChI=1S/C56H52N8O6Si/c1-36-52(71(3,4)44-24-22-43(69-2)23-25-44)51(27-28-61-34-49(59-60-61)47(35-65)38-14-6-5-7-15-38)70-56(36)48-30-42(64-54(67)46-20-11-9-17-40(46)32-58-64)21-26-50(48)62(55(56)68)33-37-13-12-18-41(29-37)63-53(66)45-19-10-8-16-39(45)31-57-63/h5-26,29-32,34,36,47,51-52,65H,27-28,33,35H2,1-4H3/t36-,47?,51+,52-,56+/m0/s1. The molecule has 11 rings (SSSR count). The number of carbonyl (C=O) groups is 1. The summed E-state index contributed by atoms with van der Waals surface area (Å²) in [5, 5.41) is 32.4. The average molecular weight is 961 g/mol. The maximum atomic E-state index is 16.0. The van der Waals surface area contributed by atoms with Gasteiger partial charge in [0.25, 0.3) is 17.0 Å². The second kappa shape index (κ2) is 18.2. The zero-order valence-corrected chi connectivity index (χ0v) is 40.8. The summed E-state index contributed by atoms with van der Waals surface area (Å²) < 4.78 is 17.7. The van der Waals surface area contributed by atoms with Gasteiger partial charge in [0.15, 0.2) is 5.60 Å². The molecule has 0 bridgehead atoms. The number of benzene rings is 6. The summed E-state index contributed by atoms with van der Waals surface area (Å²) in [4.78, 5) is 45.7. The van der Waals surface area contributed by atoms with E-state index in [0.717, 1.165) is 27.6 Å². The van der Waals surface area contributed by atoms with Crippen LogP contribution >= 0.6 is 0 Å². The van der Waals surface area contributed by atoms with Crippen molar-refractivity contribution in [2.75, 3.05) is 18.6 Å². The predicted octanol–water partition coefficient (Wildman–Crippen LogP) is 7.66. The van der Waals surface area contributed by atoms with E-state index in [0.29, 0.717) is 52.1 Å². The molecule has 356 valence electrons. The van der Waals surface area contributed by atoms with Crippen LogP contribution in [-0.4, -0.2) is 73.5 Å². The molecule has 1 fully saturated rings. The van der Waals surface area contributed by atoms with Crippen LogP contribution in [0.1, 0.15) is 41.6 Å². The van der Waals surface area contributed by atoms with E-state index in [1.165, 1.54) is 14.6 Å². The van der Waals surface area contributed by atoms with Crippen LogP contribution in [0.4, 0.5) is 5.69 Å². The smallest absolute Gasteiger partial charge is 0.279 e. The molecule has 9 aromatic rings. The van der Waals surface area contributed by atoms with Gasteiger partial charge in [0.05, 0.1) is 86.3 Å². The Morgan fingerprint density at radius 3 is 2.07 bits per heavy atom. The molecule has 0 aliphatic carbocycles. The van der Waals surface area contributed by atoms with Crippen LogP contribution in [0.15, 0.2) is 174 Å². The number of aliphatic hydroxyl groups excluding tert-OH is 1. The number of ether oxygens (including phenoxy) is 2. The van der Waals surface area contributed by atoms with E-state index in [-0.39, 0.29) is 47.6 Å². The van der Waals surface area contributed by atoms with Gasteiger partial charge in [-0.05, 0) is 77.7 Å². The third-order valence-electron chi connectivity index (χ3n) is 14.9. The van der Waals surface area contributed by atoms with E-state index in [2.05, 4.69) is 52.7 Å². The van der Waals surface area contributed by atoms with Crippen molar-refractivity contribution in [3.8, 4) is 17.1 Å². The van der Waals surface area contributed by atoms with Gasteiger partial charge in [-0.1, -0.05) is 121 Å². The molecule has 71 heavy (non-hydrogen) atoms. The maximum absolute atomic E-state index is 16.0. The Morgan fingerprint density at radius 2 is 1.41 bits per heavy atom. The summed E-state index contributed by atoms with van der Waals surface area (Å²) in [5.41, 5.74) is 2.67. The molecule has 5 atom stereocenters. The molecule has 5 heterocycles. The van der Waals surface area contributed by atoms with Gasteiger partial charge >= 0.3 is 0 Å². The van der Waals surface area contributed by atoms with Crippen molar-refractivity contribution in [3.63, 3.8) is 0 Å². The molecule has 2 aliphatic heterocycles. The number of carbonyl (C=O) groups excluding carboxylic acids is 1. The minimum atomic E-state index is -2.57. The van der Waals surface area contributed by atoms with Gasteiger partial charge in [-0.15, -0.1) is 5.10 Å². The van der Waals surface area contributed by atoms with Crippen molar-refractivity contribution in [2.24, 2.45) is 5.92 Å². The Balaban J connectivity index is 1.02. The number of methoxy groups -OCH3 is 1.